The van der Waals surface area contributed by atoms with E-state index in [-0.39, 0.29) is 17.5 Å². The zero-order valence-corrected chi connectivity index (χ0v) is 24.8. The van der Waals surface area contributed by atoms with Crippen LogP contribution in [0.1, 0.15) is 36.9 Å². The van der Waals surface area contributed by atoms with E-state index in [1.165, 1.54) is 11.3 Å². The molecule has 3 aromatic carbocycles. The van der Waals surface area contributed by atoms with Gasteiger partial charge in [0.1, 0.15) is 15.5 Å². The Morgan fingerprint density at radius 3 is 2.33 bits per heavy atom. The number of rotatable bonds is 6. The summed E-state index contributed by atoms with van der Waals surface area (Å²) in [5.41, 5.74) is 12.6. The van der Waals surface area contributed by atoms with Gasteiger partial charge in [0, 0.05) is 21.1 Å². The molecule has 0 atom stereocenters. The number of nitrogens with zero attached hydrogens (tertiary/aromatic N) is 1. The number of hydrogen-bond acceptors (Lipinski definition) is 6. The van der Waals surface area contributed by atoms with Crippen molar-refractivity contribution in [2.75, 3.05) is 23.5 Å². The van der Waals surface area contributed by atoms with Crippen LogP contribution < -0.4 is 21.1 Å². The Morgan fingerprint density at radius 2 is 1.62 bits per heavy atom. The van der Waals surface area contributed by atoms with E-state index in [1.54, 1.807) is 26.2 Å². The van der Waals surface area contributed by atoms with Gasteiger partial charge in [0.2, 0.25) is 0 Å². The zero-order valence-electron chi connectivity index (χ0n) is 22.4. The Morgan fingerprint density at radius 1 is 0.925 bits per heavy atom. The molecule has 7 nitrogen and oxygen atoms in total. The number of amides is 2. The molecular formula is C31H27BrN4O3S. The number of nitrogens with two attached hydrogens (primary N) is 1. The first-order valence-corrected chi connectivity index (χ1v) is 14.1. The van der Waals surface area contributed by atoms with Crippen LogP contribution in [-0.2, 0) is 0 Å². The number of anilines is 3. The Kier molecular flexibility index (Phi) is 7.60. The molecule has 5 rings (SSSR count). The molecule has 2 heterocycles. The van der Waals surface area contributed by atoms with Crippen molar-refractivity contribution in [1.82, 2.24) is 4.98 Å². The molecule has 9 heteroatoms. The van der Waals surface area contributed by atoms with Gasteiger partial charge in [0.25, 0.3) is 11.8 Å². The number of carbonyl (C=O) groups excluding carboxylic acids is 2. The Bertz CT molecular complexity index is 1780. The van der Waals surface area contributed by atoms with Crippen LogP contribution in [0.3, 0.4) is 0 Å². The summed E-state index contributed by atoms with van der Waals surface area (Å²) in [5.74, 6) is -0.154. The Labute approximate surface area is 244 Å². The maximum absolute atomic E-state index is 13.8. The lowest BCUT2D eigenvalue weighted by atomic mass is 9.94. The average molecular weight is 616 g/mol. The summed E-state index contributed by atoms with van der Waals surface area (Å²) in [4.78, 5) is 32.9. The van der Waals surface area contributed by atoms with Gasteiger partial charge in [-0.05, 0) is 62.2 Å². The quantitative estimate of drug-likeness (QED) is 0.181. The molecule has 0 fully saturated rings. The summed E-state index contributed by atoms with van der Waals surface area (Å²) in [6.07, 6.45) is 0. The van der Waals surface area contributed by atoms with Crippen LogP contribution in [0, 0.1) is 20.8 Å². The van der Waals surface area contributed by atoms with Gasteiger partial charge in [0.15, 0.2) is 0 Å². The number of methoxy groups -OCH3 is 1. The normalized spacial score (nSPS) is 10.9. The number of aromatic nitrogens is 1. The number of fused-ring (bicyclic) bond motifs is 1. The second-order valence-electron chi connectivity index (χ2n) is 9.41. The molecule has 0 bridgehead atoms. The topological polar surface area (TPSA) is 106 Å². The van der Waals surface area contributed by atoms with Gasteiger partial charge < -0.3 is 21.1 Å². The standard InChI is InChI=1S/C31H27BrN4O3S/c1-16-9-14-21(17(2)15-16)35-29(37)24-18(3)34-31-26(25(24)19-10-12-20(32)13-11-19)27(33)28(40-31)30(38)36-22-7-5-6-8-23(22)39-4/h5-15H,33H2,1-4H3,(H,35,37)(H,36,38). The van der Waals surface area contributed by atoms with Crippen molar-refractivity contribution in [3.63, 3.8) is 0 Å². The Hall–Kier alpha value is -4.21. The molecule has 5 aromatic rings. The van der Waals surface area contributed by atoms with Crippen LogP contribution in [0.4, 0.5) is 17.1 Å². The monoisotopic (exact) mass is 614 g/mol. The minimum absolute atomic E-state index is 0.262. The molecule has 0 aliphatic heterocycles. The summed E-state index contributed by atoms with van der Waals surface area (Å²) in [5, 5.41) is 6.52. The molecule has 2 aromatic heterocycles. The third-order valence-electron chi connectivity index (χ3n) is 6.61. The lowest BCUT2D eigenvalue weighted by Gasteiger charge is -2.16. The number of pyridine rings is 1. The minimum atomic E-state index is -0.384. The smallest absolute Gasteiger partial charge is 0.268 e. The maximum atomic E-state index is 13.8. The lowest BCUT2D eigenvalue weighted by molar-refractivity contribution is 0.102. The van der Waals surface area contributed by atoms with E-state index in [9.17, 15) is 9.59 Å². The van der Waals surface area contributed by atoms with E-state index >= 15 is 0 Å². The highest BCUT2D eigenvalue weighted by Crippen LogP contribution is 2.43. The number of thiophene rings is 1. The summed E-state index contributed by atoms with van der Waals surface area (Å²) in [6, 6.07) is 20.7. The summed E-state index contributed by atoms with van der Waals surface area (Å²) in [6.45, 7) is 5.76. The molecule has 0 saturated heterocycles. The van der Waals surface area contributed by atoms with Gasteiger partial charge in [-0.25, -0.2) is 4.98 Å². The fraction of sp³-hybridized carbons (Fsp3) is 0.129. The number of nitrogens with one attached hydrogen (secondary N) is 2. The number of carbonyl (C=O) groups is 2. The molecule has 202 valence electrons. The van der Waals surface area contributed by atoms with Gasteiger partial charge in [0.05, 0.1) is 29.7 Å². The predicted molar refractivity (Wildman–Crippen MR) is 167 cm³/mol. The van der Waals surface area contributed by atoms with Crippen LogP contribution in [0.25, 0.3) is 21.3 Å². The van der Waals surface area contributed by atoms with Crippen molar-refractivity contribution in [2.24, 2.45) is 0 Å². The fourth-order valence-corrected chi connectivity index (χ4v) is 5.99. The van der Waals surface area contributed by atoms with Crippen molar-refractivity contribution >= 4 is 66.4 Å². The molecule has 0 aliphatic carbocycles. The van der Waals surface area contributed by atoms with E-state index in [4.69, 9.17) is 15.5 Å². The Balaban J connectivity index is 1.67. The number of benzene rings is 3. The first kappa shape index (κ1) is 27.4. The molecule has 0 unspecified atom stereocenters. The number of para-hydroxylation sites is 2. The number of hydrogen-bond donors (Lipinski definition) is 3. The van der Waals surface area contributed by atoms with Crippen LogP contribution >= 0.6 is 27.3 Å². The molecule has 40 heavy (non-hydrogen) atoms. The van der Waals surface area contributed by atoms with Crippen molar-refractivity contribution in [3.8, 4) is 16.9 Å². The van der Waals surface area contributed by atoms with Crippen molar-refractivity contribution in [3.05, 3.63) is 98.5 Å². The average Bonchev–Trinajstić information content (AvgIpc) is 3.26. The van der Waals surface area contributed by atoms with E-state index < -0.39 is 0 Å². The number of halogens is 1. The van der Waals surface area contributed by atoms with Gasteiger partial charge in [-0.2, -0.15) is 0 Å². The van der Waals surface area contributed by atoms with Gasteiger partial charge in [-0.3, -0.25) is 9.59 Å². The van der Waals surface area contributed by atoms with Crippen LogP contribution in [0.2, 0.25) is 0 Å². The fourth-order valence-electron chi connectivity index (χ4n) is 4.68. The number of ether oxygens (including phenoxy) is 1. The van der Waals surface area contributed by atoms with Crippen LogP contribution in [-0.4, -0.2) is 23.9 Å². The second kappa shape index (κ2) is 11.1. The third kappa shape index (κ3) is 5.17. The maximum Gasteiger partial charge on any atom is 0.268 e. The molecule has 2 amide bonds. The van der Waals surface area contributed by atoms with Crippen molar-refractivity contribution in [1.29, 1.82) is 0 Å². The van der Waals surface area contributed by atoms with Crippen LogP contribution in [0.15, 0.2) is 71.2 Å². The lowest BCUT2D eigenvalue weighted by Crippen LogP contribution is -2.17. The molecule has 0 radical (unpaired) electrons. The highest BCUT2D eigenvalue weighted by Gasteiger charge is 2.27. The molecule has 0 saturated carbocycles. The molecular weight excluding hydrogens is 588 g/mol. The largest absolute Gasteiger partial charge is 0.495 e. The molecule has 4 N–H and O–H groups in total. The van der Waals surface area contributed by atoms with E-state index in [0.717, 1.165) is 21.2 Å². The van der Waals surface area contributed by atoms with Gasteiger partial charge in [-0.15, -0.1) is 11.3 Å². The zero-order chi connectivity index (χ0) is 28.6. The number of nitrogen functional groups attached to an aromatic ring is 1. The SMILES string of the molecule is COc1ccccc1NC(=O)c1sc2nc(C)c(C(=O)Nc3ccc(C)cc3C)c(-c3ccc(Br)cc3)c2c1N. The highest BCUT2D eigenvalue weighted by molar-refractivity contribution is 9.10. The molecule has 0 aliphatic rings. The summed E-state index contributed by atoms with van der Waals surface area (Å²) < 4.78 is 6.27. The third-order valence-corrected chi connectivity index (χ3v) is 8.24. The first-order chi connectivity index (χ1) is 19.2. The first-order valence-electron chi connectivity index (χ1n) is 12.5. The molecule has 0 spiro atoms. The van der Waals surface area contributed by atoms with Crippen molar-refractivity contribution in [2.45, 2.75) is 20.8 Å². The number of aryl methyl sites for hydroxylation is 3. The summed E-state index contributed by atoms with van der Waals surface area (Å²) in [7, 11) is 1.54. The van der Waals surface area contributed by atoms with Crippen molar-refractivity contribution < 1.29 is 14.3 Å². The van der Waals surface area contributed by atoms with Gasteiger partial charge >= 0.3 is 0 Å². The highest BCUT2D eigenvalue weighted by atomic mass is 79.9. The second-order valence-corrected chi connectivity index (χ2v) is 11.3. The van der Waals surface area contributed by atoms with E-state index in [1.807, 2.05) is 68.4 Å². The summed E-state index contributed by atoms with van der Waals surface area (Å²) >= 11 is 4.68. The van der Waals surface area contributed by atoms with Crippen LogP contribution in [0.5, 0.6) is 5.75 Å². The van der Waals surface area contributed by atoms with E-state index in [0.29, 0.717) is 49.0 Å². The minimum Gasteiger partial charge on any atom is -0.495 e. The van der Waals surface area contributed by atoms with E-state index in [2.05, 4.69) is 26.6 Å². The predicted octanol–water partition coefficient (Wildman–Crippen LogP) is 7.75. The van der Waals surface area contributed by atoms with Gasteiger partial charge in [-0.1, -0.05) is 57.9 Å².